The minimum atomic E-state index is 0.334. The van der Waals surface area contributed by atoms with Gasteiger partial charge in [-0.15, -0.1) is 0 Å². The minimum absolute atomic E-state index is 0.334. The largest absolute Gasteiger partial charge is 0.493 e. The standard InChI is InChI=1S/C13H13NO4/c1-16-10-6-5-9(8-12(10)17-2)13(14-15)11-4-3-7-18-11/h3-8,15H,1-2H3/b14-13-. The van der Waals surface area contributed by atoms with Gasteiger partial charge in [-0.3, -0.25) is 0 Å². The molecule has 5 nitrogen and oxygen atoms in total. The molecule has 0 radical (unpaired) electrons. The third-order valence-electron chi connectivity index (χ3n) is 2.51. The average Bonchev–Trinajstić information content (AvgIpc) is 2.93. The summed E-state index contributed by atoms with van der Waals surface area (Å²) in [4.78, 5) is 0. The van der Waals surface area contributed by atoms with Crippen LogP contribution >= 0.6 is 0 Å². The van der Waals surface area contributed by atoms with E-state index in [1.807, 2.05) is 0 Å². The lowest BCUT2D eigenvalue weighted by molar-refractivity contribution is 0.318. The Hall–Kier alpha value is -2.43. The molecule has 18 heavy (non-hydrogen) atoms. The van der Waals surface area contributed by atoms with Crippen LogP contribution in [0.15, 0.2) is 46.2 Å². The Labute approximate surface area is 104 Å². The van der Waals surface area contributed by atoms with Crippen LogP contribution in [0.1, 0.15) is 11.3 Å². The molecule has 0 saturated carbocycles. The molecule has 0 aliphatic carbocycles. The molecule has 0 saturated heterocycles. The Morgan fingerprint density at radius 3 is 2.50 bits per heavy atom. The van der Waals surface area contributed by atoms with Crippen LogP contribution in [0.25, 0.3) is 0 Å². The zero-order valence-corrected chi connectivity index (χ0v) is 10.1. The molecule has 5 heteroatoms. The maximum Gasteiger partial charge on any atom is 0.161 e. The third-order valence-corrected chi connectivity index (χ3v) is 2.51. The van der Waals surface area contributed by atoms with E-state index in [2.05, 4.69) is 5.16 Å². The van der Waals surface area contributed by atoms with E-state index in [-0.39, 0.29) is 0 Å². The predicted octanol–water partition coefficient (Wildman–Crippen LogP) is 2.52. The molecule has 0 aliphatic rings. The van der Waals surface area contributed by atoms with Crippen molar-refractivity contribution in [2.24, 2.45) is 5.16 Å². The van der Waals surface area contributed by atoms with Crippen LogP contribution in [0.3, 0.4) is 0 Å². The number of nitrogens with zero attached hydrogens (tertiary/aromatic N) is 1. The molecule has 1 heterocycles. The van der Waals surface area contributed by atoms with Gasteiger partial charge in [0, 0.05) is 5.56 Å². The Kier molecular flexibility index (Phi) is 3.52. The van der Waals surface area contributed by atoms with Crippen LogP contribution in [0.4, 0.5) is 0 Å². The first-order chi connectivity index (χ1) is 8.80. The zero-order chi connectivity index (χ0) is 13.0. The van der Waals surface area contributed by atoms with Gasteiger partial charge in [0.15, 0.2) is 23.0 Å². The quantitative estimate of drug-likeness (QED) is 0.512. The van der Waals surface area contributed by atoms with Gasteiger partial charge in [0.25, 0.3) is 0 Å². The average molecular weight is 247 g/mol. The van der Waals surface area contributed by atoms with Crippen molar-refractivity contribution in [1.29, 1.82) is 0 Å². The van der Waals surface area contributed by atoms with Crippen LogP contribution in [-0.4, -0.2) is 25.1 Å². The fourth-order valence-corrected chi connectivity index (χ4v) is 1.65. The van der Waals surface area contributed by atoms with Crippen molar-refractivity contribution in [3.63, 3.8) is 0 Å². The van der Waals surface area contributed by atoms with Crippen LogP contribution in [0, 0.1) is 0 Å². The molecular formula is C13H13NO4. The molecule has 2 aromatic rings. The van der Waals surface area contributed by atoms with Gasteiger partial charge in [-0.05, 0) is 30.3 Å². The second-order valence-corrected chi connectivity index (χ2v) is 3.50. The second-order valence-electron chi connectivity index (χ2n) is 3.50. The lowest BCUT2D eigenvalue weighted by atomic mass is 10.1. The Balaban J connectivity index is 2.45. The normalized spacial score (nSPS) is 11.3. The van der Waals surface area contributed by atoms with Crippen LogP contribution in [-0.2, 0) is 0 Å². The molecule has 0 atom stereocenters. The molecule has 0 fully saturated rings. The fraction of sp³-hybridized carbons (Fsp3) is 0.154. The number of rotatable bonds is 4. The molecular weight excluding hydrogens is 234 g/mol. The van der Waals surface area contributed by atoms with Gasteiger partial charge in [0.05, 0.1) is 20.5 Å². The summed E-state index contributed by atoms with van der Waals surface area (Å²) in [7, 11) is 3.11. The van der Waals surface area contributed by atoms with E-state index in [4.69, 9.17) is 19.1 Å². The second kappa shape index (κ2) is 5.27. The van der Waals surface area contributed by atoms with Crippen molar-refractivity contribution < 1.29 is 19.1 Å². The van der Waals surface area contributed by atoms with Crippen molar-refractivity contribution in [3.05, 3.63) is 47.9 Å². The Bertz CT molecular complexity index is 546. The first-order valence-electron chi connectivity index (χ1n) is 5.28. The van der Waals surface area contributed by atoms with Gasteiger partial charge in [-0.25, -0.2) is 0 Å². The maximum absolute atomic E-state index is 9.10. The van der Waals surface area contributed by atoms with Crippen LogP contribution in [0.2, 0.25) is 0 Å². The Morgan fingerprint density at radius 1 is 1.17 bits per heavy atom. The maximum atomic E-state index is 9.10. The van der Waals surface area contributed by atoms with E-state index < -0.39 is 0 Å². The van der Waals surface area contributed by atoms with Gasteiger partial charge in [0.2, 0.25) is 0 Å². The van der Waals surface area contributed by atoms with Crippen molar-refractivity contribution in [3.8, 4) is 11.5 Å². The van der Waals surface area contributed by atoms with E-state index in [0.29, 0.717) is 28.5 Å². The molecule has 0 spiro atoms. The Morgan fingerprint density at radius 2 is 1.94 bits per heavy atom. The third kappa shape index (κ3) is 2.15. The van der Waals surface area contributed by atoms with E-state index >= 15 is 0 Å². The lowest BCUT2D eigenvalue weighted by Gasteiger charge is -2.09. The molecule has 1 aromatic carbocycles. The number of hydrogen-bond donors (Lipinski definition) is 1. The highest BCUT2D eigenvalue weighted by Gasteiger charge is 2.13. The first kappa shape index (κ1) is 12.0. The van der Waals surface area contributed by atoms with Crippen molar-refractivity contribution in [1.82, 2.24) is 0 Å². The topological polar surface area (TPSA) is 64.2 Å². The number of benzene rings is 1. The van der Waals surface area contributed by atoms with Crippen molar-refractivity contribution >= 4 is 5.71 Å². The van der Waals surface area contributed by atoms with Crippen LogP contribution in [0.5, 0.6) is 11.5 Å². The van der Waals surface area contributed by atoms with Crippen molar-refractivity contribution in [2.45, 2.75) is 0 Å². The minimum Gasteiger partial charge on any atom is -0.493 e. The summed E-state index contributed by atoms with van der Waals surface area (Å²) < 4.78 is 15.5. The van der Waals surface area contributed by atoms with Crippen molar-refractivity contribution in [2.75, 3.05) is 14.2 Å². The fourth-order valence-electron chi connectivity index (χ4n) is 1.65. The molecule has 0 unspecified atom stereocenters. The number of ether oxygens (including phenoxy) is 2. The molecule has 2 rings (SSSR count). The van der Waals surface area contributed by atoms with Crippen LogP contribution < -0.4 is 9.47 Å². The summed E-state index contributed by atoms with van der Waals surface area (Å²) >= 11 is 0. The number of oxime groups is 1. The molecule has 1 N–H and O–H groups in total. The van der Waals surface area contributed by atoms with Gasteiger partial charge in [-0.1, -0.05) is 5.16 Å². The highest BCUT2D eigenvalue weighted by Crippen LogP contribution is 2.28. The van der Waals surface area contributed by atoms with Gasteiger partial charge in [-0.2, -0.15) is 0 Å². The van der Waals surface area contributed by atoms with E-state index in [9.17, 15) is 0 Å². The molecule has 0 aliphatic heterocycles. The molecule has 1 aromatic heterocycles. The first-order valence-corrected chi connectivity index (χ1v) is 5.28. The SMILES string of the molecule is COc1ccc(/C(=N/O)c2ccco2)cc1OC. The summed E-state index contributed by atoms with van der Waals surface area (Å²) in [5.74, 6) is 1.64. The highest BCUT2D eigenvalue weighted by molar-refractivity contribution is 6.11. The summed E-state index contributed by atoms with van der Waals surface area (Å²) in [6.45, 7) is 0. The van der Waals surface area contributed by atoms with E-state index in [1.54, 1.807) is 44.6 Å². The summed E-state index contributed by atoms with van der Waals surface area (Å²) in [6.07, 6.45) is 1.52. The van der Waals surface area contributed by atoms with Gasteiger partial charge in [0.1, 0.15) is 0 Å². The highest BCUT2D eigenvalue weighted by atomic mass is 16.5. The van der Waals surface area contributed by atoms with Gasteiger partial charge >= 0.3 is 0 Å². The monoisotopic (exact) mass is 247 g/mol. The molecule has 0 amide bonds. The summed E-state index contributed by atoms with van der Waals surface area (Å²) in [5.41, 5.74) is 1.01. The van der Waals surface area contributed by atoms with Gasteiger partial charge < -0.3 is 19.1 Å². The summed E-state index contributed by atoms with van der Waals surface area (Å²) in [5, 5.41) is 12.4. The lowest BCUT2D eigenvalue weighted by Crippen LogP contribution is -2.03. The predicted molar refractivity (Wildman–Crippen MR) is 65.7 cm³/mol. The van der Waals surface area contributed by atoms with E-state index in [0.717, 1.165) is 0 Å². The molecule has 0 bridgehead atoms. The number of hydrogen-bond acceptors (Lipinski definition) is 5. The number of furan rings is 1. The smallest absolute Gasteiger partial charge is 0.161 e. The summed E-state index contributed by atoms with van der Waals surface area (Å²) in [6, 6.07) is 8.66. The number of methoxy groups -OCH3 is 2. The zero-order valence-electron chi connectivity index (χ0n) is 10.1. The van der Waals surface area contributed by atoms with E-state index in [1.165, 1.54) is 6.26 Å². The molecule has 94 valence electrons.